The quantitative estimate of drug-likeness (QED) is 0.659. The van der Waals surface area contributed by atoms with Crippen LogP contribution in [0.25, 0.3) is 0 Å². The zero-order chi connectivity index (χ0) is 19.3. The lowest BCUT2D eigenvalue weighted by molar-refractivity contribution is -0.129. The van der Waals surface area contributed by atoms with E-state index in [1.807, 2.05) is 43.3 Å². The largest absolute Gasteiger partial charge is 0.485 e. The van der Waals surface area contributed by atoms with E-state index in [4.69, 9.17) is 14.2 Å². The molecule has 28 heavy (non-hydrogen) atoms. The van der Waals surface area contributed by atoms with Crippen molar-refractivity contribution in [3.8, 4) is 23.1 Å². The molecule has 0 radical (unpaired) electrons. The fourth-order valence-electron chi connectivity index (χ4n) is 2.55. The monoisotopic (exact) mass is 378 g/mol. The Morgan fingerprint density at radius 1 is 1.11 bits per heavy atom. The summed E-state index contributed by atoms with van der Waals surface area (Å²) in [5.41, 5.74) is 6.43. The standard InChI is InChI=1S/C20H18N4O4/c1-13-6-8-14(9-7-13)27-19-10-18(21-12-22-19)23-24-20(25)17-11-26-15-4-2-3-5-16(15)28-17/h2-10,12,17H,11H2,1H3,(H,24,25)(H,21,22,23). The molecule has 1 aliphatic heterocycles. The first-order valence-electron chi connectivity index (χ1n) is 8.68. The van der Waals surface area contributed by atoms with Crippen LogP contribution in [0.4, 0.5) is 5.82 Å². The van der Waals surface area contributed by atoms with Crippen molar-refractivity contribution in [2.45, 2.75) is 13.0 Å². The molecule has 2 aromatic carbocycles. The Balaban J connectivity index is 1.35. The molecule has 2 heterocycles. The van der Waals surface area contributed by atoms with Gasteiger partial charge in [0, 0.05) is 6.07 Å². The molecule has 0 fully saturated rings. The van der Waals surface area contributed by atoms with Crippen LogP contribution in [0.3, 0.4) is 0 Å². The lowest BCUT2D eigenvalue weighted by atomic mass is 10.2. The third kappa shape index (κ3) is 4.12. The Labute approximate surface area is 161 Å². The lowest BCUT2D eigenvalue weighted by Crippen LogP contribution is -2.46. The van der Waals surface area contributed by atoms with Gasteiger partial charge in [-0.25, -0.2) is 9.97 Å². The maximum Gasteiger partial charge on any atom is 0.283 e. The highest BCUT2D eigenvalue weighted by atomic mass is 16.6. The Hall–Kier alpha value is -3.81. The van der Waals surface area contributed by atoms with E-state index in [9.17, 15) is 4.79 Å². The van der Waals surface area contributed by atoms with Gasteiger partial charge in [0.05, 0.1) is 0 Å². The first kappa shape index (κ1) is 17.6. The number of carbonyl (C=O) groups excluding carboxylic acids is 1. The highest BCUT2D eigenvalue weighted by molar-refractivity contribution is 5.82. The third-order valence-corrected chi connectivity index (χ3v) is 4.00. The van der Waals surface area contributed by atoms with Gasteiger partial charge in [-0.3, -0.25) is 15.6 Å². The molecule has 1 amide bonds. The number of ether oxygens (including phenoxy) is 3. The van der Waals surface area contributed by atoms with Gasteiger partial charge in [0.1, 0.15) is 18.7 Å². The van der Waals surface area contributed by atoms with Crippen molar-refractivity contribution in [2.24, 2.45) is 0 Å². The van der Waals surface area contributed by atoms with Crippen LogP contribution in [-0.2, 0) is 4.79 Å². The molecule has 8 heteroatoms. The first-order chi connectivity index (χ1) is 13.7. The molecule has 4 rings (SSSR count). The van der Waals surface area contributed by atoms with E-state index in [2.05, 4.69) is 20.8 Å². The number of rotatable bonds is 5. The molecular weight excluding hydrogens is 360 g/mol. The number of hydrazine groups is 1. The SMILES string of the molecule is Cc1ccc(Oc2cc(NNC(=O)C3COc4ccccc4O3)ncn2)cc1. The number of benzene rings is 2. The van der Waals surface area contributed by atoms with Gasteiger partial charge in [0.2, 0.25) is 12.0 Å². The number of anilines is 1. The zero-order valence-corrected chi connectivity index (χ0v) is 15.1. The average Bonchev–Trinajstić information content (AvgIpc) is 2.73. The average molecular weight is 378 g/mol. The van der Waals surface area contributed by atoms with Crippen LogP contribution in [0.15, 0.2) is 60.9 Å². The number of fused-ring (bicyclic) bond motifs is 1. The van der Waals surface area contributed by atoms with Gasteiger partial charge in [-0.2, -0.15) is 0 Å². The van der Waals surface area contributed by atoms with Crippen LogP contribution in [0.1, 0.15) is 5.56 Å². The Morgan fingerprint density at radius 2 is 1.89 bits per heavy atom. The van der Waals surface area contributed by atoms with E-state index >= 15 is 0 Å². The van der Waals surface area contributed by atoms with E-state index in [1.54, 1.807) is 18.2 Å². The van der Waals surface area contributed by atoms with Gasteiger partial charge >= 0.3 is 0 Å². The second kappa shape index (κ2) is 7.83. The Kier molecular flexibility index (Phi) is 4.92. The fraction of sp³-hybridized carbons (Fsp3) is 0.150. The lowest BCUT2D eigenvalue weighted by Gasteiger charge is -2.25. The maximum atomic E-state index is 12.3. The van der Waals surface area contributed by atoms with Crippen LogP contribution in [0.5, 0.6) is 23.1 Å². The van der Waals surface area contributed by atoms with E-state index in [-0.39, 0.29) is 12.5 Å². The number of hydrogen-bond donors (Lipinski definition) is 2. The van der Waals surface area contributed by atoms with Crippen LogP contribution in [-0.4, -0.2) is 28.6 Å². The van der Waals surface area contributed by atoms with Gasteiger partial charge in [-0.15, -0.1) is 0 Å². The second-order valence-corrected chi connectivity index (χ2v) is 6.14. The summed E-state index contributed by atoms with van der Waals surface area (Å²) in [6, 6.07) is 16.4. The highest BCUT2D eigenvalue weighted by Crippen LogP contribution is 2.30. The molecule has 0 saturated carbocycles. The van der Waals surface area contributed by atoms with Crippen LogP contribution < -0.4 is 25.1 Å². The van der Waals surface area contributed by atoms with Crippen molar-refractivity contribution in [1.29, 1.82) is 0 Å². The van der Waals surface area contributed by atoms with Gasteiger partial charge in [0.25, 0.3) is 5.91 Å². The number of amides is 1. The van der Waals surface area contributed by atoms with Crippen molar-refractivity contribution in [3.63, 3.8) is 0 Å². The molecule has 8 nitrogen and oxygen atoms in total. The summed E-state index contributed by atoms with van der Waals surface area (Å²) < 4.78 is 16.9. The normalized spacial score (nSPS) is 14.8. The van der Waals surface area contributed by atoms with E-state index in [1.165, 1.54) is 6.33 Å². The van der Waals surface area contributed by atoms with Crippen LogP contribution >= 0.6 is 0 Å². The highest BCUT2D eigenvalue weighted by Gasteiger charge is 2.27. The Bertz CT molecular complexity index is 978. The van der Waals surface area contributed by atoms with Gasteiger partial charge in [-0.05, 0) is 31.2 Å². The maximum absolute atomic E-state index is 12.3. The minimum Gasteiger partial charge on any atom is -0.485 e. The molecule has 1 aliphatic rings. The molecule has 0 bridgehead atoms. The summed E-state index contributed by atoms with van der Waals surface area (Å²) in [6.45, 7) is 2.12. The topological polar surface area (TPSA) is 94.6 Å². The minimum absolute atomic E-state index is 0.121. The molecule has 1 atom stereocenters. The van der Waals surface area contributed by atoms with E-state index in [0.717, 1.165) is 5.56 Å². The van der Waals surface area contributed by atoms with Gasteiger partial charge in [0.15, 0.2) is 17.3 Å². The Morgan fingerprint density at radius 3 is 2.71 bits per heavy atom. The number of aromatic nitrogens is 2. The van der Waals surface area contributed by atoms with Crippen LogP contribution in [0, 0.1) is 6.92 Å². The number of nitrogens with zero attached hydrogens (tertiary/aromatic N) is 2. The van der Waals surface area contributed by atoms with Crippen molar-refractivity contribution in [1.82, 2.24) is 15.4 Å². The van der Waals surface area contributed by atoms with Gasteiger partial charge < -0.3 is 14.2 Å². The number of para-hydroxylation sites is 2. The molecule has 2 N–H and O–H groups in total. The summed E-state index contributed by atoms with van der Waals surface area (Å²) in [6.07, 6.45) is 0.571. The molecule has 1 aromatic heterocycles. The summed E-state index contributed by atoms with van der Waals surface area (Å²) >= 11 is 0. The smallest absolute Gasteiger partial charge is 0.283 e. The summed E-state index contributed by atoms with van der Waals surface area (Å²) in [5, 5.41) is 0. The predicted molar refractivity (Wildman–Crippen MR) is 101 cm³/mol. The van der Waals surface area contributed by atoms with Crippen molar-refractivity contribution in [3.05, 3.63) is 66.5 Å². The van der Waals surface area contributed by atoms with Crippen molar-refractivity contribution >= 4 is 11.7 Å². The van der Waals surface area contributed by atoms with Crippen molar-refractivity contribution < 1.29 is 19.0 Å². The second-order valence-electron chi connectivity index (χ2n) is 6.14. The van der Waals surface area contributed by atoms with E-state index < -0.39 is 6.10 Å². The fourth-order valence-corrected chi connectivity index (χ4v) is 2.55. The molecular formula is C20H18N4O4. The summed E-state index contributed by atoms with van der Waals surface area (Å²) in [7, 11) is 0. The minimum atomic E-state index is -0.771. The molecule has 0 saturated heterocycles. The predicted octanol–water partition coefficient (Wildman–Crippen LogP) is 2.86. The first-order valence-corrected chi connectivity index (χ1v) is 8.68. The zero-order valence-electron chi connectivity index (χ0n) is 15.1. The van der Waals surface area contributed by atoms with Crippen molar-refractivity contribution in [2.75, 3.05) is 12.0 Å². The molecule has 142 valence electrons. The summed E-state index contributed by atoms with van der Waals surface area (Å²) in [4.78, 5) is 20.5. The molecule has 1 unspecified atom stereocenters. The third-order valence-electron chi connectivity index (χ3n) is 4.00. The molecule has 0 spiro atoms. The van der Waals surface area contributed by atoms with Gasteiger partial charge in [-0.1, -0.05) is 29.8 Å². The van der Waals surface area contributed by atoms with E-state index in [0.29, 0.717) is 28.9 Å². The number of carbonyl (C=O) groups is 1. The van der Waals surface area contributed by atoms with Crippen LogP contribution in [0.2, 0.25) is 0 Å². The number of hydrogen-bond acceptors (Lipinski definition) is 7. The molecule has 0 aliphatic carbocycles. The number of aryl methyl sites for hydroxylation is 1. The number of nitrogens with one attached hydrogen (secondary N) is 2. The molecule has 3 aromatic rings. The summed E-state index contributed by atoms with van der Waals surface area (Å²) in [5.74, 6) is 2.15.